The van der Waals surface area contributed by atoms with Crippen molar-refractivity contribution in [1.82, 2.24) is 10.2 Å². The van der Waals surface area contributed by atoms with Crippen LogP contribution in [0.1, 0.15) is 22.8 Å². The molecule has 0 radical (unpaired) electrons. The van der Waals surface area contributed by atoms with Gasteiger partial charge in [-0.05, 0) is 60.7 Å². The lowest BCUT2D eigenvalue weighted by atomic mass is 10.1. The van der Waals surface area contributed by atoms with Crippen LogP contribution in [-0.2, 0) is 4.79 Å². The lowest BCUT2D eigenvalue weighted by Gasteiger charge is -2.14. The molecule has 0 bridgehead atoms. The predicted octanol–water partition coefficient (Wildman–Crippen LogP) is 3.58. The second kappa shape index (κ2) is 11.5. The Hall–Kier alpha value is -3.66. The van der Waals surface area contributed by atoms with Crippen LogP contribution in [0.5, 0.6) is 23.0 Å². The van der Waals surface area contributed by atoms with Gasteiger partial charge in [-0.25, -0.2) is 0 Å². The van der Waals surface area contributed by atoms with E-state index in [0.717, 1.165) is 16.7 Å². The number of hydrogen-bond acceptors (Lipinski definition) is 8. The molecule has 10 heteroatoms. The van der Waals surface area contributed by atoms with Gasteiger partial charge in [0.15, 0.2) is 11.5 Å². The van der Waals surface area contributed by atoms with Crippen LogP contribution >= 0.6 is 11.8 Å². The number of nitrogens with one attached hydrogen (secondary N) is 1. The predicted molar refractivity (Wildman–Crippen MR) is 129 cm³/mol. The number of carbonyl (C=O) groups excluding carboxylic acids is 3. The van der Waals surface area contributed by atoms with Crippen molar-refractivity contribution in [2.45, 2.75) is 6.92 Å². The molecule has 34 heavy (non-hydrogen) atoms. The van der Waals surface area contributed by atoms with Crippen LogP contribution in [0.2, 0.25) is 0 Å². The van der Waals surface area contributed by atoms with E-state index in [0.29, 0.717) is 40.7 Å². The highest BCUT2D eigenvalue weighted by Crippen LogP contribution is 2.34. The molecular formula is C24H26N2O7S. The van der Waals surface area contributed by atoms with Crippen molar-refractivity contribution >= 4 is 34.9 Å². The number of carbonyl (C=O) groups is 3. The van der Waals surface area contributed by atoms with E-state index < -0.39 is 17.1 Å². The van der Waals surface area contributed by atoms with Crippen LogP contribution in [0.3, 0.4) is 0 Å². The summed E-state index contributed by atoms with van der Waals surface area (Å²) in [4.78, 5) is 39.2. The van der Waals surface area contributed by atoms with Crippen LogP contribution in [0.4, 0.5) is 4.79 Å². The van der Waals surface area contributed by atoms with Crippen molar-refractivity contribution < 1.29 is 33.3 Å². The molecule has 0 saturated carbocycles. The molecule has 0 aliphatic carbocycles. The summed E-state index contributed by atoms with van der Waals surface area (Å²) < 4.78 is 21.2. The molecule has 1 aliphatic heterocycles. The molecule has 2 aromatic rings. The number of thioether (sulfide) groups is 1. The summed E-state index contributed by atoms with van der Waals surface area (Å²) in [6, 6.07) is 10.1. The Morgan fingerprint density at radius 3 is 2.41 bits per heavy atom. The van der Waals surface area contributed by atoms with E-state index in [9.17, 15) is 14.4 Å². The molecule has 1 fully saturated rings. The standard InChI is InChI=1S/C24H26N2O7S/c1-5-33-19-8-6-15(12-20(19)32-4)13-21-23(28)26(24(29)34-21)11-10-25-22(27)17-14-16(30-2)7-9-18(17)31-3/h6-9,12-14H,5,10-11H2,1-4H3,(H,25,27)/b21-13-. The molecule has 1 aliphatic rings. The highest BCUT2D eigenvalue weighted by Gasteiger charge is 2.34. The van der Waals surface area contributed by atoms with Crippen molar-refractivity contribution in [3.05, 3.63) is 52.4 Å². The van der Waals surface area contributed by atoms with Crippen LogP contribution in [0, 0.1) is 0 Å². The minimum absolute atomic E-state index is 0.0344. The molecular weight excluding hydrogens is 460 g/mol. The summed E-state index contributed by atoms with van der Waals surface area (Å²) in [5.41, 5.74) is 0.990. The van der Waals surface area contributed by atoms with Gasteiger partial charge in [0.2, 0.25) is 0 Å². The third-order valence-electron chi connectivity index (χ3n) is 4.93. The van der Waals surface area contributed by atoms with E-state index in [1.165, 1.54) is 21.3 Å². The smallest absolute Gasteiger partial charge is 0.293 e. The number of amides is 3. The first kappa shape index (κ1) is 25.0. The Balaban J connectivity index is 1.65. The molecule has 180 valence electrons. The molecule has 3 rings (SSSR count). The van der Waals surface area contributed by atoms with Crippen LogP contribution < -0.4 is 24.3 Å². The van der Waals surface area contributed by atoms with Crippen molar-refractivity contribution in [3.8, 4) is 23.0 Å². The quantitative estimate of drug-likeness (QED) is 0.509. The van der Waals surface area contributed by atoms with Gasteiger partial charge >= 0.3 is 0 Å². The van der Waals surface area contributed by atoms with Gasteiger partial charge < -0.3 is 24.3 Å². The van der Waals surface area contributed by atoms with Crippen LogP contribution in [0.15, 0.2) is 41.3 Å². The second-order valence-electron chi connectivity index (χ2n) is 7.00. The fraction of sp³-hybridized carbons (Fsp3) is 0.292. The maximum Gasteiger partial charge on any atom is 0.293 e. The van der Waals surface area contributed by atoms with Gasteiger partial charge in [0.05, 0.1) is 38.4 Å². The number of hydrogen-bond donors (Lipinski definition) is 1. The van der Waals surface area contributed by atoms with E-state index in [1.54, 1.807) is 42.5 Å². The zero-order valence-corrected chi connectivity index (χ0v) is 20.2. The lowest BCUT2D eigenvalue weighted by molar-refractivity contribution is -0.122. The number of imide groups is 1. The maximum absolute atomic E-state index is 12.8. The third-order valence-corrected chi connectivity index (χ3v) is 5.84. The first-order chi connectivity index (χ1) is 16.4. The molecule has 0 unspecified atom stereocenters. The summed E-state index contributed by atoms with van der Waals surface area (Å²) in [6.45, 7) is 2.49. The Labute approximate surface area is 202 Å². The van der Waals surface area contributed by atoms with Gasteiger partial charge in [0, 0.05) is 13.1 Å². The monoisotopic (exact) mass is 486 g/mol. The molecule has 1 heterocycles. The summed E-state index contributed by atoms with van der Waals surface area (Å²) in [6.07, 6.45) is 1.63. The molecule has 1 saturated heterocycles. The van der Waals surface area contributed by atoms with Crippen molar-refractivity contribution in [3.63, 3.8) is 0 Å². The van der Waals surface area contributed by atoms with Gasteiger partial charge in [-0.3, -0.25) is 19.3 Å². The first-order valence-corrected chi connectivity index (χ1v) is 11.3. The average Bonchev–Trinajstić information content (AvgIpc) is 3.11. The van der Waals surface area contributed by atoms with Gasteiger partial charge in [-0.2, -0.15) is 0 Å². The van der Waals surface area contributed by atoms with Gasteiger partial charge in [0.25, 0.3) is 17.1 Å². The van der Waals surface area contributed by atoms with Crippen molar-refractivity contribution in [2.24, 2.45) is 0 Å². The summed E-state index contributed by atoms with van der Waals surface area (Å²) >= 11 is 0.848. The summed E-state index contributed by atoms with van der Waals surface area (Å²) in [5.74, 6) is 1.20. The Bertz CT molecular complexity index is 1120. The van der Waals surface area contributed by atoms with Gasteiger partial charge in [0.1, 0.15) is 11.5 Å². The van der Waals surface area contributed by atoms with E-state index in [1.807, 2.05) is 6.92 Å². The van der Waals surface area contributed by atoms with Crippen molar-refractivity contribution in [2.75, 3.05) is 41.0 Å². The molecule has 1 N–H and O–H groups in total. The number of ether oxygens (including phenoxy) is 4. The minimum atomic E-state index is -0.420. The van der Waals surface area contributed by atoms with E-state index in [4.69, 9.17) is 18.9 Å². The fourth-order valence-electron chi connectivity index (χ4n) is 3.26. The third kappa shape index (κ3) is 5.63. The molecule has 0 atom stereocenters. The lowest BCUT2D eigenvalue weighted by Crippen LogP contribution is -2.37. The second-order valence-corrected chi connectivity index (χ2v) is 7.99. The molecule has 0 aromatic heterocycles. The SMILES string of the molecule is CCOc1ccc(/C=C2\SC(=O)N(CCNC(=O)c3cc(OC)ccc3OC)C2=O)cc1OC. The van der Waals surface area contributed by atoms with E-state index in [-0.39, 0.29) is 18.0 Å². The maximum atomic E-state index is 12.8. The Morgan fingerprint density at radius 1 is 1.00 bits per heavy atom. The summed E-state index contributed by atoms with van der Waals surface area (Å²) in [5, 5.41) is 2.31. The zero-order valence-electron chi connectivity index (χ0n) is 19.4. The Morgan fingerprint density at radius 2 is 1.74 bits per heavy atom. The molecule has 0 spiro atoms. The fourth-order valence-corrected chi connectivity index (χ4v) is 4.13. The number of nitrogens with zero attached hydrogens (tertiary/aromatic N) is 1. The average molecular weight is 487 g/mol. The topological polar surface area (TPSA) is 103 Å². The number of rotatable bonds is 10. The van der Waals surface area contributed by atoms with Gasteiger partial charge in [-0.1, -0.05) is 6.07 Å². The normalized spacial score (nSPS) is 14.4. The number of benzene rings is 2. The molecule has 2 aromatic carbocycles. The highest BCUT2D eigenvalue weighted by molar-refractivity contribution is 8.18. The largest absolute Gasteiger partial charge is 0.497 e. The summed E-state index contributed by atoms with van der Waals surface area (Å²) in [7, 11) is 4.50. The van der Waals surface area contributed by atoms with Crippen LogP contribution in [0.25, 0.3) is 6.08 Å². The zero-order chi connectivity index (χ0) is 24.7. The Kier molecular flexibility index (Phi) is 8.42. The van der Waals surface area contributed by atoms with E-state index in [2.05, 4.69) is 5.32 Å². The van der Waals surface area contributed by atoms with Crippen molar-refractivity contribution in [1.29, 1.82) is 0 Å². The van der Waals surface area contributed by atoms with E-state index >= 15 is 0 Å². The van der Waals surface area contributed by atoms with Crippen LogP contribution in [-0.4, -0.2) is 63.0 Å². The minimum Gasteiger partial charge on any atom is -0.497 e. The number of methoxy groups -OCH3 is 3. The molecule has 9 nitrogen and oxygen atoms in total. The van der Waals surface area contributed by atoms with Gasteiger partial charge in [-0.15, -0.1) is 0 Å². The highest BCUT2D eigenvalue weighted by atomic mass is 32.2. The molecule has 3 amide bonds. The first-order valence-electron chi connectivity index (χ1n) is 10.5.